The van der Waals surface area contributed by atoms with Crippen molar-refractivity contribution in [2.75, 3.05) is 50.9 Å². The summed E-state index contributed by atoms with van der Waals surface area (Å²) in [6, 6.07) is 12.4. The quantitative estimate of drug-likeness (QED) is 0.586. The lowest BCUT2D eigenvalue weighted by atomic mass is 9.89. The second kappa shape index (κ2) is 9.84. The molecule has 190 valence electrons. The first kappa shape index (κ1) is 23.5. The fraction of sp³-hybridized carbons (Fsp3) is 0.464. The molecule has 2 aromatic carbocycles. The maximum Gasteiger partial charge on any atom is 0.262 e. The van der Waals surface area contributed by atoms with Gasteiger partial charge in [0.15, 0.2) is 0 Å². The van der Waals surface area contributed by atoms with Gasteiger partial charge in [0.25, 0.3) is 5.56 Å². The monoisotopic (exact) mass is 493 g/mol. The molecule has 1 N–H and O–H groups in total. The van der Waals surface area contributed by atoms with E-state index in [-0.39, 0.29) is 23.1 Å². The van der Waals surface area contributed by atoms with Gasteiger partial charge in [0.2, 0.25) is 0 Å². The van der Waals surface area contributed by atoms with Crippen LogP contribution in [0.15, 0.2) is 53.5 Å². The number of fused-ring (bicyclic) bond motifs is 1. The molecule has 1 atom stereocenters. The molecule has 7 nitrogen and oxygen atoms in total. The number of aromatic nitrogens is 1. The Hall–Kier alpha value is -2.94. The number of morpholine rings is 1. The summed E-state index contributed by atoms with van der Waals surface area (Å²) in [6.45, 7) is 5.26. The van der Waals surface area contributed by atoms with Crippen molar-refractivity contribution in [3.8, 4) is 11.4 Å². The first-order valence-corrected chi connectivity index (χ1v) is 12.9. The van der Waals surface area contributed by atoms with E-state index in [1.807, 2.05) is 18.2 Å². The van der Waals surface area contributed by atoms with E-state index in [2.05, 4.69) is 10.2 Å². The highest BCUT2D eigenvalue weighted by Crippen LogP contribution is 2.32. The van der Waals surface area contributed by atoms with Crippen LogP contribution in [-0.4, -0.2) is 62.3 Å². The molecule has 3 saturated heterocycles. The van der Waals surface area contributed by atoms with Gasteiger partial charge >= 0.3 is 0 Å². The van der Waals surface area contributed by atoms with Crippen molar-refractivity contribution in [2.24, 2.45) is 0 Å². The molecule has 3 aromatic rings. The lowest BCUT2D eigenvalue weighted by molar-refractivity contribution is -0.0800. The topological polar surface area (TPSA) is 65.0 Å². The highest BCUT2D eigenvalue weighted by atomic mass is 19.1. The first-order valence-electron chi connectivity index (χ1n) is 12.9. The van der Waals surface area contributed by atoms with Crippen LogP contribution in [0.5, 0.6) is 5.75 Å². The zero-order valence-corrected chi connectivity index (χ0v) is 20.4. The second-order valence-electron chi connectivity index (χ2n) is 10.0. The molecule has 0 aliphatic carbocycles. The molecule has 8 heteroatoms. The summed E-state index contributed by atoms with van der Waals surface area (Å²) in [5.41, 5.74) is 0.764. The number of piperidine rings is 1. The summed E-state index contributed by atoms with van der Waals surface area (Å²) in [7, 11) is 0. The van der Waals surface area contributed by atoms with E-state index in [0.717, 1.165) is 70.5 Å². The Balaban J connectivity index is 1.18. The minimum atomic E-state index is -0.323. The van der Waals surface area contributed by atoms with E-state index in [4.69, 9.17) is 14.2 Å². The van der Waals surface area contributed by atoms with Crippen molar-refractivity contribution in [3.05, 3.63) is 64.8 Å². The Morgan fingerprint density at radius 2 is 2.00 bits per heavy atom. The standard InChI is InChI=1S/C28H32FN3O4/c29-25-17-21(3-6-26(25)31-12-8-28(9-13-31)19-30-10-15-36-28)32-11-7-20-16-22(4-5-24(20)27(32)33)35-18-23-2-1-14-34-23/h3-7,11,16-17,23,30H,1-2,8-10,12-15,18-19H2/t23-/m1/s1. The number of nitrogens with one attached hydrogen (secondary N) is 1. The molecule has 0 saturated carbocycles. The number of anilines is 1. The third-order valence-corrected chi connectivity index (χ3v) is 7.69. The van der Waals surface area contributed by atoms with Crippen LogP contribution >= 0.6 is 0 Å². The van der Waals surface area contributed by atoms with Gasteiger partial charge in [-0.25, -0.2) is 4.39 Å². The van der Waals surface area contributed by atoms with Gasteiger partial charge in [-0.05, 0) is 67.5 Å². The molecule has 3 aliphatic heterocycles. The second-order valence-corrected chi connectivity index (χ2v) is 10.0. The maximum atomic E-state index is 15.2. The summed E-state index contributed by atoms with van der Waals surface area (Å²) in [4.78, 5) is 15.3. The van der Waals surface area contributed by atoms with Crippen molar-refractivity contribution in [3.63, 3.8) is 0 Å². The van der Waals surface area contributed by atoms with Gasteiger partial charge in [-0.1, -0.05) is 0 Å². The Morgan fingerprint density at radius 1 is 1.11 bits per heavy atom. The Kier molecular flexibility index (Phi) is 6.41. The van der Waals surface area contributed by atoms with Gasteiger partial charge in [-0.15, -0.1) is 0 Å². The molecule has 1 aromatic heterocycles. The number of rotatable bonds is 5. The van der Waals surface area contributed by atoms with Crippen LogP contribution in [0.3, 0.4) is 0 Å². The van der Waals surface area contributed by atoms with Crippen LogP contribution in [0.2, 0.25) is 0 Å². The predicted molar refractivity (Wildman–Crippen MR) is 137 cm³/mol. The van der Waals surface area contributed by atoms with Gasteiger partial charge in [0.05, 0.1) is 29.7 Å². The van der Waals surface area contributed by atoms with E-state index in [9.17, 15) is 4.79 Å². The summed E-state index contributed by atoms with van der Waals surface area (Å²) >= 11 is 0. The molecule has 3 aliphatic rings. The number of halogens is 1. The predicted octanol–water partition coefficient (Wildman–Crippen LogP) is 3.65. The molecular weight excluding hydrogens is 461 g/mol. The number of hydrogen-bond donors (Lipinski definition) is 1. The molecule has 36 heavy (non-hydrogen) atoms. The highest BCUT2D eigenvalue weighted by molar-refractivity contribution is 5.83. The molecule has 0 radical (unpaired) electrons. The van der Waals surface area contributed by atoms with Crippen molar-refractivity contribution in [2.45, 2.75) is 37.4 Å². The molecule has 1 spiro atoms. The van der Waals surface area contributed by atoms with E-state index in [1.165, 1.54) is 10.6 Å². The third kappa shape index (κ3) is 4.61. The summed E-state index contributed by atoms with van der Waals surface area (Å²) < 4.78 is 34.3. The zero-order chi connectivity index (χ0) is 24.5. The Morgan fingerprint density at radius 3 is 2.75 bits per heavy atom. The summed E-state index contributed by atoms with van der Waals surface area (Å²) in [6.07, 6.45) is 5.64. The highest BCUT2D eigenvalue weighted by Gasteiger charge is 2.37. The van der Waals surface area contributed by atoms with Gasteiger partial charge in [0, 0.05) is 50.4 Å². The maximum absolute atomic E-state index is 15.2. The van der Waals surface area contributed by atoms with Crippen LogP contribution in [0.25, 0.3) is 16.5 Å². The molecule has 6 rings (SSSR count). The largest absolute Gasteiger partial charge is 0.491 e. The molecule has 0 unspecified atom stereocenters. The Labute approximate surface area is 209 Å². The first-order chi connectivity index (χ1) is 17.6. The minimum absolute atomic E-state index is 0.126. The minimum Gasteiger partial charge on any atom is -0.491 e. The van der Waals surface area contributed by atoms with Crippen LogP contribution in [0, 0.1) is 5.82 Å². The van der Waals surface area contributed by atoms with Gasteiger partial charge < -0.3 is 24.4 Å². The average Bonchev–Trinajstić information content (AvgIpc) is 3.43. The van der Waals surface area contributed by atoms with E-state index < -0.39 is 0 Å². The van der Waals surface area contributed by atoms with Crippen LogP contribution in [0.4, 0.5) is 10.1 Å². The van der Waals surface area contributed by atoms with Crippen molar-refractivity contribution < 1.29 is 18.6 Å². The van der Waals surface area contributed by atoms with Crippen LogP contribution < -0.4 is 20.5 Å². The van der Waals surface area contributed by atoms with E-state index >= 15 is 4.39 Å². The SMILES string of the molecule is O=c1c2ccc(OC[C@H]3CCCO3)cc2ccn1-c1ccc(N2CCC3(CC2)CNCCO3)c(F)c1. The van der Waals surface area contributed by atoms with Crippen LogP contribution in [0.1, 0.15) is 25.7 Å². The Bertz CT molecular complexity index is 1290. The fourth-order valence-corrected chi connectivity index (χ4v) is 5.57. The number of ether oxygens (including phenoxy) is 3. The normalized spacial score (nSPS) is 21.8. The summed E-state index contributed by atoms with van der Waals surface area (Å²) in [5, 5.41) is 4.77. The smallest absolute Gasteiger partial charge is 0.262 e. The summed E-state index contributed by atoms with van der Waals surface area (Å²) in [5.74, 6) is 0.388. The third-order valence-electron chi connectivity index (χ3n) is 7.69. The van der Waals surface area contributed by atoms with Crippen LogP contribution in [-0.2, 0) is 9.47 Å². The molecule has 3 fully saturated rings. The molecule has 4 heterocycles. The fourth-order valence-electron chi connectivity index (χ4n) is 5.57. The zero-order valence-electron chi connectivity index (χ0n) is 20.4. The number of nitrogens with zero attached hydrogens (tertiary/aromatic N) is 2. The van der Waals surface area contributed by atoms with E-state index in [0.29, 0.717) is 29.1 Å². The molecule has 0 amide bonds. The molecule has 0 bridgehead atoms. The number of benzene rings is 2. The number of hydrogen-bond acceptors (Lipinski definition) is 6. The van der Waals surface area contributed by atoms with Crippen molar-refractivity contribution in [1.29, 1.82) is 0 Å². The van der Waals surface area contributed by atoms with Crippen molar-refractivity contribution >= 4 is 16.5 Å². The average molecular weight is 494 g/mol. The lowest BCUT2D eigenvalue weighted by Crippen LogP contribution is -2.55. The van der Waals surface area contributed by atoms with Gasteiger partial charge in [0.1, 0.15) is 18.2 Å². The molecular formula is C28H32FN3O4. The van der Waals surface area contributed by atoms with Crippen molar-refractivity contribution in [1.82, 2.24) is 9.88 Å². The van der Waals surface area contributed by atoms with Gasteiger partial charge in [-0.2, -0.15) is 0 Å². The van der Waals surface area contributed by atoms with Gasteiger partial charge in [-0.3, -0.25) is 9.36 Å². The van der Waals surface area contributed by atoms with E-state index in [1.54, 1.807) is 24.4 Å². The lowest BCUT2D eigenvalue weighted by Gasteiger charge is -2.44. The number of pyridine rings is 1.